The van der Waals surface area contributed by atoms with Crippen LogP contribution < -0.4 is 107 Å². The van der Waals surface area contributed by atoms with Crippen molar-refractivity contribution in [3.8, 4) is 40.2 Å². The standard InChI is InChI=1S/C22H26F5O2P.2C18H22FOP.C15H16FOP.2C14H14FOP.C13H12FOP/c1-21(2,3)11-8-12(22(4,5)6)19(29-10-28-7)13(9-11)30-20-17(26)15(24)14(23)16(25)18(20)27;1-12-10-13(18(2,3)4)11-16(17(12)20-5)21-15-9-7-6-8-14(15)19;1-12-10-13(18(2,3)4)17(20-5)16(11-12)21-15-9-7-6-8-14(15)19;1-10-8-11(2)15(17-3)14(9-10)18-13-7-5-4-6-12(13)16;1-10-6-5-9-13(14(10)16-2)17-12-8-4-3-7-11(12)15;1-10-7-8-12(16-2)14(9-10)17-13-6-4-3-5-11(13)15;1-15-11-7-3-5-9-13(11)16-12-8-4-2-6-10(12)14/h8-9,30H,10H2,1-7H3;2*6-11,21H,1-5H3;4-9,18H,1-3H3;2*3-9,17H,1-2H3;2-9,16H,1H3. The Kier molecular flexibility index (Phi) is 44.3. The van der Waals surface area contributed by atoms with E-state index in [4.69, 9.17) is 37.9 Å². The lowest BCUT2D eigenvalue weighted by molar-refractivity contribution is 0.0506. The van der Waals surface area contributed by atoms with Gasteiger partial charge in [-0.15, -0.1) is 0 Å². The summed E-state index contributed by atoms with van der Waals surface area (Å²) in [5.74, 6) is -5.29. The third-order valence-electron chi connectivity index (χ3n) is 21.5. The fraction of sp³-hybridized carbons (Fsp3) is 0.263. The van der Waals surface area contributed by atoms with Crippen LogP contribution in [-0.4, -0.2) is 56.6 Å². The lowest BCUT2D eigenvalue weighted by atomic mass is 9.80. The summed E-state index contributed by atoms with van der Waals surface area (Å²) in [5, 5.41) is 10.1. The van der Waals surface area contributed by atoms with E-state index in [1.165, 1.54) is 65.8 Å². The Bertz CT molecular complexity index is 6370. The lowest BCUT2D eigenvalue weighted by Gasteiger charge is -2.29. The first-order valence-corrected chi connectivity index (χ1v) is 51.8. The molecular weight excluding hydrogens is 1920 g/mol. The van der Waals surface area contributed by atoms with Gasteiger partial charge in [-0.05, 0) is 190 Å². The van der Waals surface area contributed by atoms with Gasteiger partial charge in [0, 0.05) is 87.2 Å². The minimum atomic E-state index is -2.17. The first-order valence-electron chi connectivity index (χ1n) is 44.8. The van der Waals surface area contributed by atoms with Crippen molar-refractivity contribution in [1.29, 1.82) is 0 Å². The van der Waals surface area contributed by atoms with Gasteiger partial charge in [0.25, 0.3) is 0 Å². The predicted octanol–water partition coefficient (Wildman–Crippen LogP) is 24.8. The maximum Gasteiger partial charge on any atom is 0.200 e. The molecule has 742 valence electrons. The fourth-order valence-electron chi connectivity index (χ4n) is 14.3. The quantitative estimate of drug-likeness (QED) is 0.0206. The zero-order valence-corrected chi connectivity index (χ0v) is 90.9. The van der Waals surface area contributed by atoms with Gasteiger partial charge in [-0.25, -0.2) is 48.3 Å². The van der Waals surface area contributed by atoms with Gasteiger partial charge in [0.1, 0.15) is 75.1 Å². The van der Waals surface area contributed by atoms with E-state index in [9.17, 15) is 48.3 Å². The highest BCUT2D eigenvalue weighted by molar-refractivity contribution is 7.57. The summed E-state index contributed by atoms with van der Waals surface area (Å²) >= 11 is 0. The molecule has 140 heavy (non-hydrogen) atoms. The molecule has 0 N–H and O–H groups in total. The molecule has 0 saturated heterocycles. The summed E-state index contributed by atoms with van der Waals surface area (Å²) in [6, 6.07) is 77.3. The predicted molar refractivity (Wildman–Crippen MR) is 578 cm³/mol. The van der Waals surface area contributed by atoms with Crippen LogP contribution in [0.1, 0.15) is 139 Å². The molecule has 7 atom stereocenters. The van der Waals surface area contributed by atoms with Gasteiger partial charge in [-0.2, -0.15) is 0 Å². The number of benzene rings is 14. The molecule has 0 spiro atoms. The van der Waals surface area contributed by atoms with Crippen LogP contribution in [0.2, 0.25) is 0 Å². The number of hydrogen-bond donors (Lipinski definition) is 0. The van der Waals surface area contributed by atoms with Crippen molar-refractivity contribution in [2.24, 2.45) is 0 Å². The first-order chi connectivity index (χ1) is 66.2. The average molecular weight is 2050 g/mol. The maximum absolute atomic E-state index is 14.4. The van der Waals surface area contributed by atoms with E-state index >= 15 is 0 Å². The van der Waals surface area contributed by atoms with Crippen molar-refractivity contribution in [3.63, 3.8) is 0 Å². The number of para-hydroxylation sites is 2. The molecule has 14 aromatic carbocycles. The SMILES string of the molecule is COCOc1c(Pc2c(F)c(F)c(F)c(F)c2F)cc(C(C)(C)C)cc1C(C)(C)C.COc1c(C)cc(C(C)(C)C)cc1Pc1ccccc1F.COc1c(C)cc(C)cc1Pc1ccccc1F.COc1c(C)cccc1Pc1ccccc1F.COc1c(Pc2ccccc2F)cc(C)cc1C(C)(C)C.COc1ccc(C)cc1Pc1ccccc1F.COc1ccccc1Pc1ccccc1F. The highest BCUT2D eigenvalue weighted by Crippen LogP contribution is 2.41. The molecule has 26 heteroatoms. The van der Waals surface area contributed by atoms with Crippen LogP contribution in [0.4, 0.5) is 48.3 Å². The average Bonchev–Trinajstić information content (AvgIpc) is 0.764. The van der Waals surface area contributed by atoms with Crippen molar-refractivity contribution in [1.82, 2.24) is 0 Å². The smallest absolute Gasteiger partial charge is 0.200 e. The van der Waals surface area contributed by atoms with Crippen LogP contribution >= 0.6 is 60.1 Å². The van der Waals surface area contributed by atoms with Crippen LogP contribution in [0.15, 0.2) is 255 Å². The molecule has 0 aliphatic heterocycles. The molecular formula is C114H126F11O8P7. The van der Waals surface area contributed by atoms with Gasteiger partial charge in [0.05, 0.1) is 48.0 Å². The molecule has 14 aromatic rings. The molecule has 0 heterocycles. The van der Waals surface area contributed by atoms with Crippen molar-refractivity contribution >= 4 is 134 Å². The monoisotopic (exact) mass is 2050 g/mol. The van der Waals surface area contributed by atoms with E-state index in [1.54, 1.807) is 91.2 Å². The molecule has 0 amide bonds. The van der Waals surface area contributed by atoms with Gasteiger partial charge in [0.15, 0.2) is 30.1 Å². The van der Waals surface area contributed by atoms with Crippen molar-refractivity contribution < 1.29 is 86.2 Å². The topological polar surface area (TPSA) is 73.8 Å². The van der Waals surface area contributed by atoms with E-state index in [2.05, 4.69) is 84.9 Å². The Hall–Kier alpha value is -10.1. The van der Waals surface area contributed by atoms with E-state index in [-0.39, 0.29) is 109 Å². The largest absolute Gasteiger partial charge is 0.496 e. The lowest BCUT2D eigenvalue weighted by Crippen LogP contribution is -2.25. The minimum absolute atomic E-state index is 0.00811. The maximum atomic E-state index is 14.4. The minimum Gasteiger partial charge on any atom is -0.496 e. The molecule has 8 nitrogen and oxygen atoms in total. The van der Waals surface area contributed by atoms with E-state index in [0.717, 1.165) is 126 Å². The number of hydrogen-bond acceptors (Lipinski definition) is 8. The summed E-state index contributed by atoms with van der Waals surface area (Å²) in [4.78, 5) is 0. The Balaban J connectivity index is 0.000000202. The summed E-state index contributed by atoms with van der Waals surface area (Å²) in [6.45, 7) is 36.9. The number of halogens is 11. The van der Waals surface area contributed by atoms with Crippen molar-refractivity contribution in [2.75, 3.05) is 56.6 Å². The second-order valence-corrected chi connectivity index (χ2v) is 45.9. The van der Waals surface area contributed by atoms with Gasteiger partial charge < -0.3 is 37.9 Å². The Morgan fingerprint density at radius 3 is 0.907 bits per heavy atom. The van der Waals surface area contributed by atoms with Crippen LogP contribution in [0.3, 0.4) is 0 Å². The number of aryl methyl sites for hydroxylation is 6. The summed E-state index contributed by atoms with van der Waals surface area (Å²) in [6.07, 6.45) is 0. The molecule has 0 radical (unpaired) electrons. The summed E-state index contributed by atoms with van der Waals surface area (Å²) in [5.41, 5.74) is 10.1. The molecule has 0 saturated carbocycles. The van der Waals surface area contributed by atoms with Crippen LogP contribution in [0, 0.1) is 106 Å². The molecule has 7 unspecified atom stereocenters. The molecule has 0 bridgehead atoms. The van der Waals surface area contributed by atoms with Crippen molar-refractivity contribution in [2.45, 2.75) is 146 Å². The molecule has 14 rings (SSSR count). The Labute approximate surface area is 832 Å². The van der Waals surface area contributed by atoms with E-state index in [0.29, 0.717) is 16.4 Å². The van der Waals surface area contributed by atoms with Gasteiger partial charge in [-0.1, -0.05) is 316 Å². The van der Waals surface area contributed by atoms with E-state index < -0.39 is 48.4 Å². The fourth-order valence-corrected chi connectivity index (χ4v) is 23.3. The van der Waals surface area contributed by atoms with Crippen LogP contribution in [0.5, 0.6) is 40.2 Å². The highest BCUT2D eigenvalue weighted by Gasteiger charge is 2.32. The van der Waals surface area contributed by atoms with Crippen molar-refractivity contribution in [3.05, 3.63) is 374 Å². The second kappa shape index (κ2) is 53.8. The highest BCUT2D eigenvalue weighted by atomic mass is 31.1. The van der Waals surface area contributed by atoms with Gasteiger partial charge >= 0.3 is 0 Å². The molecule has 0 aliphatic carbocycles. The molecule has 0 fully saturated rings. The Morgan fingerprint density at radius 2 is 0.521 bits per heavy atom. The van der Waals surface area contributed by atoms with Crippen LogP contribution in [0.25, 0.3) is 0 Å². The summed E-state index contributed by atoms with van der Waals surface area (Å²) in [7, 11) is 12.1. The summed E-state index contributed by atoms with van der Waals surface area (Å²) < 4.78 is 195. The zero-order chi connectivity index (χ0) is 103. The number of ether oxygens (including phenoxy) is 8. The number of rotatable bonds is 23. The second-order valence-electron chi connectivity index (χ2n) is 36.6. The Morgan fingerprint density at radius 1 is 0.221 bits per heavy atom. The van der Waals surface area contributed by atoms with Crippen LogP contribution in [-0.2, 0) is 26.4 Å². The first kappa shape index (κ1) is 115. The third kappa shape index (κ3) is 33.0. The van der Waals surface area contributed by atoms with Gasteiger partial charge in [0.2, 0.25) is 5.82 Å². The normalized spacial score (nSPS) is 11.7. The zero-order valence-electron chi connectivity index (χ0n) is 83.9. The molecule has 0 aliphatic rings. The van der Waals surface area contributed by atoms with E-state index in [1.807, 2.05) is 210 Å². The number of methoxy groups -OCH3 is 7. The third-order valence-corrected chi connectivity index (χ3v) is 30.8. The van der Waals surface area contributed by atoms with Gasteiger partial charge in [-0.3, -0.25) is 0 Å². The molecule has 0 aromatic heterocycles.